The van der Waals surface area contributed by atoms with Crippen LogP contribution in [0.15, 0.2) is 18.2 Å². The highest BCUT2D eigenvalue weighted by atomic mass is 19.1. The van der Waals surface area contributed by atoms with Crippen LogP contribution >= 0.6 is 0 Å². The molecule has 0 aliphatic heterocycles. The molecule has 0 spiro atoms. The molecule has 0 amide bonds. The lowest BCUT2D eigenvalue weighted by Crippen LogP contribution is -2.30. The second kappa shape index (κ2) is 7.60. The van der Waals surface area contributed by atoms with Gasteiger partial charge in [0.25, 0.3) is 0 Å². The van der Waals surface area contributed by atoms with Crippen LogP contribution in [-0.2, 0) is 4.74 Å². The zero-order valence-electron chi connectivity index (χ0n) is 14.4. The summed E-state index contributed by atoms with van der Waals surface area (Å²) < 4.78 is 32.2. The minimum Gasteiger partial charge on any atom is -0.455 e. The highest BCUT2D eigenvalue weighted by Crippen LogP contribution is 2.60. The highest BCUT2D eigenvalue weighted by Gasteiger charge is 2.56. The molecule has 1 N–H and O–H groups in total. The predicted molar refractivity (Wildman–Crippen MR) is 87.7 cm³/mol. The number of aliphatic hydroxyl groups is 1. The van der Waals surface area contributed by atoms with Crippen LogP contribution in [-0.4, -0.2) is 23.8 Å². The maximum Gasteiger partial charge on any atom is 0.338 e. The van der Waals surface area contributed by atoms with Crippen LogP contribution < -0.4 is 0 Å². The maximum atomic E-state index is 13.2. The van der Waals surface area contributed by atoms with Crippen molar-refractivity contribution in [1.82, 2.24) is 0 Å². The first-order valence-corrected chi connectivity index (χ1v) is 8.60. The number of aliphatic hydroxyl groups excluding tert-OH is 1. The number of carbonyl (C=O) groups is 1. The molecule has 0 heterocycles. The summed E-state index contributed by atoms with van der Waals surface area (Å²) >= 11 is 0. The highest BCUT2D eigenvalue weighted by molar-refractivity contribution is 5.89. The van der Waals surface area contributed by atoms with Crippen LogP contribution in [0.5, 0.6) is 0 Å². The van der Waals surface area contributed by atoms with Gasteiger partial charge in [0.2, 0.25) is 0 Å². The Balaban J connectivity index is 0.00000100. The first-order valence-electron chi connectivity index (χ1n) is 8.60. The quantitative estimate of drug-likeness (QED) is 0.795. The fraction of sp³-hybridized carbons (Fsp3) is 0.632. The van der Waals surface area contributed by atoms with Crippen LogP contribution in [0.3, 0.4) is 0 Å². The number of rotatable bonds is 5. The molecule has 2 aliphatic carbocycles. The zero-order chi connectivity index (χ0) is 17.8. The van der Waals surface area contributed by atoms with Crippen LogP contribution in [0.4, 0.5) is 8.78 Å². The van der Waals surface area contributed by atoms with E-state index in [1.165, 1.54) is 19.3 Å². The number of fused-ring (bicyclic) bond motifs is 2. The molecule has 134 valence electrons. The standard InChI is InChI=1S/C18H22F2O2.CH4O/c1-2-3-4-17-5-7-18(12-17,8-6-17)22-16(21)13-9-14(19)11-15(20)10-13;1-2/h9-11H,2-8,12H2,1H3;2H,1H3. The molecule has 0 atom stereocenters. The van der Waals surface area contributed by atoms with Gasteiger partial charge in [-0.15, -0.1) is 0 Å². The Morgan fingerprint density at radius 2 is 1.71 bits per heavy atom. The largest absolute Gasteiger partial charge is 0.455 e. The van der Waals surface area contributed by atoms with Crippen molar-refractivity contribution in [3.05, 3.63) is 35.4 Å². The summed E-state index contributed by atoms with van der Waals surface area (Å²) in [6, 6.07) is 2.84. The number of ether oxygens (including phenoxy) is 1. The average molecular weight is 340 g/mol. The lowest BCUT2D eigenvalue weighted by atomic mass is 9.80. The molecule has 0 saturated heterocycles. The number of unbranched alkanes of at least 4 members (excludes halogenated alkanes) is 1. The van der Waals surface area contributed by atoms with Crippen molar-refractivity contribution >= 4 is 5.97 Å². The van der Waals surface area contributed by atoms with E-state index in [0.29, 0.717) is 5.41 Å². The Bertz CT molecular complexity index is 558. The summed E-state index contributed by atoms with van der Waals surface area (Å²) in [6.45, 7) is 2.19. The van der Waals surface area contributed by atoms with Gasteiger partial charge >= 0.3 is 5.97 Å². The third-order valence-electron chi connectivity index (χ3n) is 5.39. The van der Waals surface area contributed by atoms with E-state index >= 15 is 0 Å². The SMILES string of the molecule is CCCCC12CCC(OC(=O)c3cc(F)cc(F)c3)(CC1)C2.CO. The van der Waals surface area contributed by atoms with Gasteiger partial charge in [-0.05, 0) is 56.1 Å². The molecule has 3 rings (SSSR count). The molecule has 2 saturated carbocycles. The fourth-order valence-corrected chi connectivity index (χ4v) is 4.23. The van der Waals surface area contributed by atoms with E-state index in [1.807, 2.05) is 0 Å². The predicted octanol–water partition coefficient (Wildman–Crippen LogP) is 4.62. The van der Waals surface area contributed by atoms with Gasteiger partial charge < -0.3 is 9.84 Å². The second-order valence-electron chi connectivity index (χ2n) is 7.01. The number of hydrogen-bond donors (Lipinski definition) is 1. The molecular formula is C19H26F2O3. The smallest absolute Gasteiger partial charge is 0.338 e. The summed E-state index contributed by atoms with van der Waals surface area (Å²) in [5.41, 5.74) is -0.123. The lowest BCUT2D eigenvalue weighted by molar-refractivity contribution is -0.0133. The number of benzene rings is 1. The molecule has 2 fully saturated rings. The molecule has 24 heavy (non-hydrogen) atoms. The van der Waals surface area contributed by atoms with Crippen molar-refractivity contribution in [1.29, 1.82) is 0 Å². The molecule has 1 aromatic rings. The van der Waals surface area contributed by atoms with Gasteiger partial charge in [0, 0.05) is 13.2 Å². The van der Waals surface area contributed by atoms with E-state index in [1.54, 1.807) is 0 Å². The summed E-state index contributed by atoms with van der Waals surface area (Å²) in [4.78, 5) is 12.3. The number of esters is 1. The monoisotopic (exact) mass is 340 g/mol. The third-order valence-corrected chi connectivity index (χ3v) is 5.39. The first kappa shape index (κ1) is 18.8. The van der Waals surface area contributed by atoms with Crippen molar-refractivity contribution in [2.24, 2.45) is 5.41 Å². The second-order valence-corrected chi connectivity index (χ2v) is 7.01. The van der Waals surface area contributed by atoms with Gasteiger partial charge in [-0.2, -0.15) is 0 Å². The normalized spacial score (nSPS) is 27.5. The summed E-state index contributed by atoms with van der Waals surface area (Å²) in [5.74, 6) is -2.11. The third kappa shape index (κ3) is 3.94. The molecule has 2 aliphatic rings. The van der Waals surface area contributed by atoms with E-state index in [4.69, 9.17) is 9.84 Å². The van der Waals surface area contributed by atoms with Gasteiger partial charge in [-0.1, -0.05) is 19.8 Å². The number of hydrogen-bond acceptors (Lipinski definition) is 3. The summed E-state index contributed by atoms with van der Waals surface area (Å²) in [6.07, 6.45) is 8.42. The van der Waals surface area contributed by atoms with Crippen molar-refractivity contribution in [2.75, 3.05) is 7.11 Å². The van der Waals surface area contributed by atoms with Gasteiger partial charge in [0.05, 0.1) is 5.56 Å². The Hall–Kier alpha value is -1.49. The van der Waals surface area contributed by atoms with Crippen molar-refractivity contribution in [2.45, 2.75) is 63.9 Å². The van der Waals surface area contributed by atoms with Crippen LogP contribution in [0.1, 0.15) is 68.6 Å². The minimum absolute atomic E-state index is 0.0372. The van der Waals surface area contributed by atoms with Crippen molar-refractivity contribution < 1.29 is 23.4 Å². The minimum atomic E-state index is -0.750. The van der Waals surface area contributed by atoms with Crippen molar-refractivity contribution in [3.63, 3.8) is 0 Å². The van der Waals surface area contributed by atoms with Gasteiger partial charge in [-0.25, -0.2) is 13.6 Å². The Morgan fingerprint density at radius 3 is 2.25 bits per heavy atom. The maximum absolute atomic E-state index is 13.2. The number of halogens is 2. The van der Waals surface area contributed by atoms with Gasteiger partial charge in [0.15, 0.2) is 0 Å². The van der Waals surface area contributed by atoms with E-state index in [2.05, 4.69) is 6.92 Å². The molecule has 0 unspecified atom stereocenters. The van der Waals surface area contributed by atoms with E-state index in [-0.39, 0.29) is 5.56 Å². The van der Waals surface area contributed by atoms with E-state index in [9.17, 15) is 13.6 Å². The molecule has 5 heteroatoms. The molecule has 3 nitrogen and oxygen atoms in total. The molecule has 0 aromatic heterocycles. The Labute approximate surface area is 142 Å². The summed E-state index contributed by atoms with van der Waals surface area (Å²) in [7, 11) is 1.00. The lowest BCUT2D eigenvalue weighted by Gasteiger charge is -2.27. The van der Waals surface area contributed by atoms with Gasteiger partial charge in [-0.3, -0.25) is 0 Å². The number of carbonyl (C=O) groups excluding carboxylic acids is 1. The van der Waals surface area contributed by atoms with E-state index in [0.717, 1.165) is 57.4 Å². The molecular weight excluding hydrogens is 314 g/mol. The van der Waals surface area contributed by atoms with E-state index < -0.39 is 23.2 Å². The van der Waals surface area contributed by atoms with Crippen LogP contribution in [0, 0.1) is 17.0 Å². The van der Waals surface area contributed by atoms with Crippen molar-refractivity contribution in [3.8, 4) is 0 Å². The van der Waals surface area contributed by atoms with Gasteiger partial charge in [0.1, 0.15) is 17.2 Å². The average Bonchev–Trinajstić information content (AvgIpc) is 3.10. The summed E-state index contributed by atoms with van der Waals surface area (Å²) in [5, 5.41) is 7.00. The molecule has 0 radical (unpaired) electrons. The molecule has 1 aromatic carbocycles. The zero-order valence-corrected chi connectivity index (χ0v) is 14.4. The Morgan fingerprint density at radius 1 is 1.12 bits per heavy atom. The first-order chi connectivity index (χ1) is 11.5. The van der Waals surface area contributed by atoms with Crippen LogP contribution in [0.25, 0.3) is 0 Å². The fourth-order valence-electron chi connectivity index (χ4n) is 4.23. The Kier molecular flexibility index (Phi) is 5.97. The molecule has 2 bridgehead atoms. The van der Waals surface area contributed by atoms with Crippen LogP contribution in [0.2, 0.25) is 0 Å². The topological polar surface area (TPSA) is 46.5 Å².